The van der Waals surface area contributed by atoms with E-state index in [9.17, 15) is 4.79 Å². The fraction of sp³-hybridized carbons (Fsp3) is 0.263. The van der Waals surface area contributed by atoms with Gasteiger partial charge in [-0.3, -0.25) is 0 Å². The summed E-state index contributed by atoms with van der Waals surface area (Å²) in [5, 5.41) is 12.1. The Bertz CT molecular complexity index is 723. The first-order chi connectivity index (χ1) is 11.7. The highest BCUT2D eigenvalue weighted by molar-refractivity contribution is 7.99. The number of carbonyl (C=O) groups excluding carboxylic acids is 1. The van der Waals surface area contributed by atoms with Crippen LogP contribution in [0.4, 0.5) is 5.69 Å². The Morgan fingerprint density at radius 2 is 2.00 bits per heavy atom. The summed E-state index contributed by atoms with van der Waals surface area (Å²) in [6.45, 7) is 4.21. The highest BCUT2D eigenvalue weighted by Crippen LogP contribution is 2.26. The maximum Gasteiger partial charge on any atom is 0.333 e. The second-order valence-electron chi connectivity index (χ2n) is 5.02. The number of thioether (sulfide) groups is 1. The van der Waals surface area contributed by atoms with Crippen LogP contribution >= 0.6 is 11.8 Å². The third kappa shape index (κ3) is 4.77. The highest BCUT2D eigenvalue weighted by atomic mass is 32.2. The molecule has 1 unspecified atom stereocenters. The van der Waals surface area contributed by atoms with Gasteiger partial charge in [-0.1, -0.05) is 19.1 Å². The van der Waals surface area contributed by atoms with Crippen LogP contribution in [-0.4, -0.2) is 18.3 Å². The van der Waals surface area contributed by atoms with Crippen molar-refractivity contribution >= 4 is 23.4 Å². The van der Waals surface area contributed by atoms with Gasteiger partial charge in [0.25, 0.3) is 0 Å². The number of anilines is 1. The van der Waals surface area contributed by atoms with Crippen molar-refractivity contribution in [2.24, 2.45) is 0 Å². The number of nitrogens with one attached hydrogen (secondary N) is 1. The lowest BCUT2D eigenvalue weighted by molar-refractivity contribution is -0.144. The van der Waals surface area contributed by atoms with Gasteiger partial charge in [-0.2, -0.15) is 5.26 Å². The van der Waals surface area contributed by atoms with Crippen molar-refractivity contribution in [1.29, 1.82) is 5.26 Å². The number of nitrogens with zero attached hydrogens (tertiary/aromatic N) is 1. The van der Waals surface area contributed by atoms with Crippen LogP contribution in [0.1, 0.15) is 31.0 Å². The topological polar surface area (TPSA) is 62.1 Å². The molecule has 1 atom stereocenters. The standard InChI is InChI=1S/C19H20N2O2S/c1-3-23-19(22)18(15-6-5-7-17(12-15)24-4-2)21-16-10-8-14(13-20)9-11-16/h5-12,18,21H,3-4H2,1-2H3. The van der Waals surface area contributed by atoms with Crippen LogP contribution in [0, 0.1) is 11.3 Å². The predicted molar refractivity (Wildman–Crippen MR) is 97.0 cm³/mol. The molecular weight excluding hydrogens is 320 g/mol. The van der Waals surface area contributed by atoms with Crippen molar-refractivity contribution in [2.45, 2.75) is 24.8 Å². The van der Waals surface area contributed by atoms with Crippen LogP contribution in [0.25, 0.3) is 0 Å². The third-order valence-electron chi connectivity index (χ3n) is 3.35. The van der Waals surface area contributed by atoms with E-state index in [0.717, 1.165) is 21.9 Å². The molecule has 0 saturated heterocycles. The van der Waals surface area contributed by atoms with Gasteiger partial charge in [0.05, 0.1) is 18.2 Å². The van der Waals surface area contributed by atoms with Gasteiger partial charge in [-0.15, -0.1) is 11.8 Å². The molecule has 24 heavy (non-hydrogen) atoms. The molecule has 0 bridgehead atoms. The van der Waals surface area contributed by atoms with Gasteiger partial charge in [0.15, 0.2) is 6.04 Å². The molecule has 0 spiro atoms. The molecule has 0 amide bonds. The summed E-state index contributed by atoms with van der Waals surface area (Å²) in [4.78, 5) is 13.5. The van der Waals surface area contributed by atoms with Crippen LogP contribution in [0.5, 0.6) is 0 Å². The molecule has 0 aromatic heterocycles. The lowest BCUT2D eigenvalue weighted by Gasteiger charge is -2.19. The molecule has 2 aromatic carbocycles. The van der Waals surface area contributed by atoms with Crippen molar-refractivity contribution in [3.05, 3.63) is 59.7 Å². The lowest BCUT2D eigenvalue weighted by Crippen LogP contribution is -2.23. The smallest absolute Gasteiger partial charge is 0.333 e. The number of benzene rings is 2. The lowest BCUT2D eigenvalue weighted by atomic mass is 10.1. The van der Waals surface area contributed by atoms with Crippen LogP contribution < -0.4 is 5.32 Å². The molecule has 4 nitrogen and oxygen atoms in total. The fourth-order valence-corrected chi connectivity index (χ4v) is 2.99. The fourth-order valence-electron chi connectivity index (χ4n) is 2.26. The summed E-state index contributed by atoms with van der Waals surface area (Å²) >= 11 is 1.73. The maximum atomic E-state index is 12.4. The average Bonchev–Trinajstić information content (AvgIpc) is 2.61. The highest BCUT2D eigenvalue weighted by Gasteiger charge is 2.22. The van der Waals surface area contributed by atoms with Crippen LogP contribution in [0.3, 0.4) is 0 Å². The van der Waals surface area contributed by atoms with Crippen molar-refractivity contribution in [3.8, 4) is 6.07 Å². The Morgan fingerprint density at radius 3 is 2.62 bits per heavy atom. The number of esters is 1. The number of hydrogen-bond acceptors (Lipinski definition) is 5. The van der Waals surface area contributed by atoms with Gasteiger partial charge < -0.3 is 10.1 Å². The minimum Gasteiger partial charge on any atom is -0.464 e. The molecule has 0 fully saturated rings. The quantitative estimate of drug-likeness (QED) is 0.598. The zero-order chi connectivity index (χ0) is 17.4. The summed E-state index contributed by atoms with van der Waals surface area (Å²) in [5.74, 6) is 0.650. The average molecular weight is 340 g/mol. The third-order valence-corrected chi connectivity index (χ3v) is 4.23. The molecule has 1 N–H and O–H groups in total. The molecule has 0 aliphatic rings. The largest absolute Gasteiger partial charge is 0.464 e. The summed E-state index contributed by atoms with van der Waals surface area (Å²) in [7, 11) is 0. The van der Waals surface area contributed by atoms with Gasteiger partial charge in [0.1, 0.15) is 0 Å². The maximum absolute atomic E-state index is 12.4. The SMILES string of the molecule is CCOC(=O)C(Nc1ccc(C#N)cc1)c1cccc(SCC)c1. The Labute approximate surface area is 146 Å². The van der Waals surface area contributed by atoms with E-state index in [1.54, 1.807) is 43.0 Å². The summed E-state index contributed by atoms with van der Waals surface area (Å²) < 4.78 is 5.21. The number of rotatable bonds is 7. The Hall–Kier alpha value is -2.45. The van der Waals surface area contributed by atoms with E-state index >= 15 is 0 Å². The minimum atomic E-state index is -0.588. The predicted octanol–water partition coefficient (Wildman–Crippen LogP) is 4.39. The zero-order valence-electron chi connectivity index (χ0n) is 13.8. The van der Waals surface area contributed by atoms with Gasteiger partial charge in [-0.05, 0) is 54.6 Å². The van der Waals surface area contributed by atoms with E-state index in [4.69, 9.17) is 10.00 Å². The van der Waals surface area contributed by atoms with E-state index in [-0.39, 0.29) is 5.97 Å². The molecule has 124 valence electrons. The molecule has 0 radical (unpaired) electrons. The van der Waals surface area contributed by atoms with Gasteiger partial charge in [-0.25, -0.2) is 4.79 Å². The van der Waals surface area contributed by atoms with Crippen LogP contribution in [0.15, 0.2) is 53.4 Å². The monoisotopic (exact) mass is 340 g/mol. The van der Waals surface area contributed by atoms with Gasteiger partial charge in [0.2, 0.25) is 0 Å². The van der Waals surface area contributed by atoms with Crippen molar-refractivity contribution in [2.75, 3.05) is 17.7 Å². The number of hydrogen-bond donors (Lipinski definition) is 1. The van der Waals surface area contributed by atoms with E-state index < -0.39 is 6.04 Å². The van der Waals surface area contributed by atoms with Crippen molar-refractivity contribution in [1.82, 2.24) is 0 Å². The first-order valence-electron chi connectivity index (χ1n) is 7.84. The summed E-state index contributed by atoms with van der Waals surface area (Å²) in [6, 6.07) is 16.4. The molecule has 0 heterocycles. The number of ether oxygens (including phenoxy) is 1. The molecule has 2 aromatic rings. The van der Waals surface area contributed by atoms with E-state index in [1.165, 1.54) is 0 Å². The van der Waals surface area contributed by atoms with Gasteiger partial charge >= 0.3 is 5.97 Å². The molecule has 2 rings (SSSR count). The minimum absolute atomic E-state index is 0.319. The Balaban J connectivity index is 2.28. The first kappa shape index (κ1) is 17.9. The molecule has 5 heteroatoms. The second kappa shape index (κ2) is 8.99. The number of carbonyl (C=O) groups is 1. The number of nitriles is 1. The molecule has 0 saturated carbocycles. The molecule has 0 aliphatic carbocycles. The summed E-state index contributed by atoms with van der Waals surface area (Å²) in [5.41, 5.74) is 2.20. The van der Waals surface area contributed by atoms with Crippen LogP contribution in [0.2, 0.25) is 0 Å². The normalized spacial score (nSPS) is 11.4. The van der Waals surface area contributed by atoms with E-state index in [1.807, 2.05) is 24.3 Å². The second-order valence-corrected chi connectivity index (χ2v) is 6.36. The Morgan fingerprint density at radius 1 is 1.25 bits per heavy atom. The first-order valence-corrected chi connectivity index (χ1v) is 8.82. The molecular formula is C19H20N2O2S. The van der Waals surface area contributed by atoms with Crippen LogP contribution in [-0.2, 0) is 9.53 Å². The molecule has 0 aliphatic heterocycles. The Kier molecular flexibility index (Phi) is 6.71. The van der Waals surface area contributed by atoms with Crippen molar-refractivity contribution in [3.63, 3.8) is 0 Å². The van der Waals surface area contributed by atoms with E-state index in [2.05, 4.69) is 18.3 Å². The van der Waals surface area contributed by atoms with E-state index in [0.29, 0.717) is 12.2 Å². The van der Waals surface area contributed by atoms with Gasteiger partial charge in [0, 0.05) is 10.6 Å². The summed E-state index contributed by atoms with van der Waals surface area (Å²) in [6.07, 6.45) is 0. The zero-order valence-corrected chi connectivity index (χ0v) is 14.6. The van der Waals surface area contributed by atoms with Crippen molar-refractivity contribution < 1.29 is 9.53 Å².